The molecule has 1 saturated heterocycles. The Labute approximate surface area is 136 Å². The van der Waals surface area contributed by atoms with Gasteiger partial charge in [0.2, 0.25) is 5.91 Å². The summed E-state index contributed by atoms with van der Waals surface area (Å²) >= 11 is 0. The van der Waals surface area contributed by atoms with E-state index in [1.807, 2.05) is 42.2 Å². The van der Waals surface area contributed by atoms with Crippen LogP contribution in [0.1, 0.15) is 42.3 Å². The van der Waals surface area contributed by atoms with Crippen LogP contribution in [0.25, 0.3) is 0 Å². The lowest BCUT2D eigenvalue weighted by Gasteiger charge is -2.34. The van der Waals surface area contributed by atoms with Crippen molar-refractivity contribution >= 4 is 5.91 Å². The van der Waals surface area contributed by atoms with Crippen molar-refractivity contribution < 1.29 is 14.1 Å². The van der Waals surface area contributed by atoms with Crippen LogP contribution < -0.4 is 4.74 Å². The van der Waals surface area contributed by atoms with Gasteiger partial charge in [-0.05, 0) is 43.9 Å². The molecule has 1 aromatic carbocycles. The summed E-state index contributed by atoms with van der Waals surface area (Å²) in [5.41, 5.74) is 1.83. The number of methoxy groups -OCH3 is 1. The zero-order chi connectivity index (χ0) is 16.2. The summed E-state index contributed by atoms with van der Waals surface area (Å²) in [4.78, 5) is 14.7. The van der Waals surface area contributed by atoms with E-state index in [-0.39, 0.29) is 11.9 Å². The van der Waals surface area contributed by atoms with Gasteiger partial charge in [-0.25, -0.2) is 0 Å². The fraction of sp³-hybridized carbons (Fsp3) is 0.444. The van der Waals surface area contributed by atoms with Crippen LogP contribution in [-0.4, -0.2) is 29.6 Å². The van der Waals surface area contributed by atoms with Gasteiger partial charge in [0.15, 0.2) is 0 Å². The molecule has 5 nitrogen and oxygen atoms in total. The SMILES string of the molecule is COc1cccc(CC(=O)N2CCCCC2c2cc(C)on2)c1. The van der Waals surface area contributed by atoms with Crippen LogP contribution in [-0.2, 0) is 11.2 Å². The first kappa shape index (κ1) is 15.6. The van der Waals surface area contributed by atoms with Crippen LogP contribution >= 0.6 is 0 Å². The van der Waals surface area contributed by atoms with Gasteiger partial charge in [-0.2, -0.15) is 0 Å². The largest absolute Gasteiger partial charge is 0.497 e. The van der Waals surface area contributed by atoms with E-state index in [1.54, 1.807) is 7.11 Å². The number of carbonyl (C=O) groups is 1. The van der Waals surface area contributed by atoms with Crippen molar-refractivity contribution in [2.24, 2.45) is 0 Å². The summed E-state index contributed by atoms with van der Waals surface area (Å²) in [7, 11) is 1.63. The topological polar surface area (TPSA) is 55.6 Å². The Balaban J connectivity index is 1.75. The number of nitrogens with zero attached hydrogens (tertiary/aromatic N) is 2. The van der Waals surface area contributed by atoms with Crippen LogP contribution in [0.4, 0.5) is 0 Å². The Hall–Kier alpha value is -2.30. The maximum atomic E-state index is 12.8. The third-order valence-electron chi connectivity index (χ3n) is 4.30. The molecular weight excluding hydrogens is 292 g/mol. The molecule has 1 aliphatic rings. The molecule has 1 unspecified atom stereocenters. The van der Waals surface area contributed by atoms with Crippen molar-refractivity contribution in [1.82, 2.24) is 10.1 Å². The third-order valence-corrected chi connectivity index (χ3v) is 4.30. The summed E-state index contributed by atoms with van der Waals surface area (Å²) in [6, 6.07) is 9.63. The van der Waals surface area contributed by atoms with Gasteiger partial charge in [-0.3, -0.25) is 4.79 Å². The maximum absolute atomic E-state index is 12.8. The second kappa shape index (κ2) is 6.86. The Morgan fingerprint density at radius 3 is 3.00 bits per heavy atom. The predicted molar refractivity (Wildman–Crippen MR) is 86.2 cm³/mol. The zero-order valence-corrected chi connectivity index (χ0v) is 13.6. The fourth-order valence-corrected chi connectivity index (χ4v) is 3.14. The number of piperidine rings is 1. The first-order valence-corrected chi connectivity index (χ1v) is 8.03. The standard InChI is InChI=1S/C18H22N2O3/c1-13-10-16(19-23-13)17-8-3-4-9-20(17)18(21)12-14-6-5-7-15(11-14)22-2/h5-7,10-11,17H,3-4,8-9,12H2,1-2H3. The molecule has 0 bridgehead atoms. The molecule has 0 N–H and O–H groups in total. The molecule has 0 saturated carbocycles. The molecule has 1 aliphatic heterocycles. The third kappa shape index (κ3) is 3.55. The molecule has 1 atom stereocenters. The van der Waals surface area contributed by atoms with E-state index < -0.39 is 0 Å². The van der Waals surface area contributed by atoms with Crippen LogP contribution in [0.3, 0.4) is 0 Å². The van der Waals surface area contributed by atoms with Crippen molar-refractivity contribution in [3.8, 4) is 5.75 Å². The van der Waals surface area contributed by atoms with Crippen molar-refractivity contribution in [3.63, 3.8) is 0 Å². The lowest BCUT2D eigenvalue weighted by Crippen LogP contribution is -2.39. The molecule has 1 aromatic heterocycles. The van der Waals surface area contributed by atoms with Crippen LogP contribution in [0.5, 0.6) is 5.75 Å². The number of aromatic nitrogens is 1. The summed E-state index contributed by atoms with van der Waals surface area (Å²) in [5.74, 6) is 1.69. The first-order valence-electron chi connectivity index (χ1n) is 8.03. The molecule has 23 heavy (non-hydrogen) atoms. The fourth-order valence-electron chi connectivity index (χ4n) is 3.14. The van der Waals surface area contributed by atoms with Gasteiger partial charge in [0.25, 0.3) is 0 Å². The zero-order valence-electron chi connectivity index (χ0n) is 13.6. The second-order valence-corrected chi connectivity index (χ2v) is 5.99. The molecule has 3 rings (SSSR count). The Kier molecular flexibility index (Phi) is 4.65. The van der Waals surface area contributed by atoms with E-state index in [2.05, 4.69) is 5.16 Å². The minimum absolute atomic E-state index is 0.0271. The number of amides is 1. The Morgan fingerprint density at radius 2 is 2.26 bits per heavy atom. The van der Waals surface area contributed by atoms with E-state index in [9.17, 15) is 4.79 Å². The number of aryl methyl sites for hydroxylation is 1. The highest BCUT2D eigenvalue weighted by atomic mass is 16.5. The van der Waals surface area contributed by atoms with Crippen LogP contribution in [0.15, 0.2) is 34.9 Å². The summed E-state index contributed by atoms with van der Waals surface area (Å²) in [6.07, 6.45) is 3.47. The molecule has 122 valence electrons. The van der Waals surface area contributed by atoms with Crippen molar-refractivity contribution in [1.29, 1.82) is 0 Å². The van der Waals surface area contributed by atoms with E-state index in [4.69, 9.17) is 9.26 Å². The molecule has 1 fully saturated rings. The lowest BCUT2D eigenvalue weighted by atomic mass is 9.98. The minimum Gasteiger partial charge on any atom is -0.497 e. The van der Waals surface area contributed by atoms with Crippen molar-refractivity contribution in [2.75, 3.05) is 13.7 Å². The van der Waals surface area contributed by atoms with Crippen LogP contribution in [0.2, 0.25) is 0 Å². The van der Waals surface area contributed by atoms with Crippen LogP contribution in [0, 0.1) is 6.92 Å². The molecule has 5 heteroatoms. The molecular formula is C18H22N2O3. The molecule has 0 spiro atoms. The Morgan fingerprint density at radius 1 is 1.39 bits per heavy atom. The minimum atomic E-state index is 0.0271. The van der Waals surface area contributed by atoms with Crippen molar-refractivity contribution in [3.05, 3.63) is 47.3 Å². The molecule has 0 aliphatic carbocycles. The number of rotatable bonds is 4. The van der Waals surface area contributed by atoms with Crippen molar-refractivity contribution in [2.45, 2.75) is 38.6 Å². The summed E-state index contributed by atoms with van der Waals surface area (Å²) in [5, 5.41) is 4.12. The van der Waals surface area contributed by atoms with E-state index in [0.29, 0.717) is 6.42 Å². The molecule has 0 radical (unpaired) electrons. The molecule has 2 heterocycles. The summed E-state index contributed by atoms with van der Waals surface area (Å²) < 4.78 is 10.4. The Bertz CT molecular complexity index is 680. The van der Waals surface area contributed by atoms with E-state index >= 15 is 0 Å². The van der Waals surface area contributed by atoms with Gasteiger partial charge < -0.3 is 14.2 Å². The highest BCUT2D eigenvalue weighted by Crippen LogP contribution is 2.31. The van der Waals surface area contributed by atoms with Gasteiger partial charge in [-0.15, -0.1) is 0 Å². The van der Waals surface area contributed by atoms with Gasteiger partial charge in [0.05, 0.1) is 19.6 Å². The lowest BCUT2D eigenvalue weighted by molar-refractivity contribution is -0.134. The van der Waals surface area contributed by atoms with Gasteiger partial charge >= 0.3 is 0 Å². The number of hydrogen-bond acceptors (Lipinski definition) is 4. The van der Waals surface area contributed by atoms with E-state index in [0.717, 1.165) is 48.6 Å². The normalized spacial score (nSPS) is 18.0. The number of likely N-dealkylation sites (tertiary alicyclic amines) is 1. The smallest absolute Gasteiger partial charge is 0.227 e. The monoisotopic (exact) mass is 314 g/mol. The van der Waals surface area contributed by atoms with E-state index in [1.165, 1.54) is 0 Å². The van der Waals surface area contributed by atoms with Gasteiger partial charge in [-0.1, -0.05) is 17.3 Å². The highest BCUT2D eigenvalue weighted by Gasteiger charge is 2.30. The molecule has 2 aromatic rings. The average molecular weight is 314 g/mol. The first-order chi connectivity index (χ1) is 11.2. The highest BCUT2D eigenvalue weighted by molar-refractivity contribution is 5.79. The number of benzene rings is 1. The maximum Gasteiger partial charge on any atom is 0.227 e. The summed E-state index contributed by atoms with van der Waals surface area (Å²) in [6.45, 7) is 2.65. The second-order valence-electron chi connectivity index (χ2n) is 5.99. The number of hydrogen-bond donors (Lipinski definition) is 0. The molecule has 1 amide bonds. The quantitative estimate of drug-likeness (QED) is 0.869. The average Bonchev–Trinajstić information content (AvgIpc) is 3.01. The predicted octanol–water partition coefficient (Wildman–Crippen LogP) is 3.29. The number of ether oxygens (including phenoxy) is 1. The van der Waals surface area contributed by atoms with Gasteiger partial charge in [0, 0.05) is 12.6 Å². The number of carbonyl (C=O) groups excluding carboxylic acids is 1. The van der Waals surface area contributed by atoms with Gasteiger partial charge in [0.1, 0.15) is 17.2 Å².